The molecular formula is C12H26N4O2S2. The Bertz CT molecular complexity index is 435. The second-order valence-corrected chi connectivity index (χ2v) is 9.07. The van der Waals surface area contributed by atoms with Crippen molar-refractivity contribution >= 4 is 27.7 Å². The van der Waals surface area contributed by atoms with Gasteiger partial charge in [0.05, 0.1) is 12.8 Å². The predicted molar refractivity (Wildman–Crippen MR) is 86.9 cm³/mol. The van der Waals surface area contributed by atoms with Gasteiger partial charge in [0.25, 0.3) is 0 Å². The average Bonchev–Trinajstić information content (AvgIpc) is 2.30. The molecule has 1 rings (SSSR count). The maximum absolute atomic E-state index is 11.0. The van der Waals surface area contributed by atoms with Gasteiger partial charge >= 0.3 is 0 Å². The normalized spacial score (nSPS) is 20.0. The van der Waals surface area contributed by atoms with Crippen LogP contribution in [0.5, 0.6) is 0 Å². The van der Waals surface area contributed by atoms with Crippen molar-refractivity contribution in [3.63, 3.8) is 0 Å². The summed E-state index contributed by atoms with van der Waals surface area (Å²) in [6.45, 7) is 10.0. The van der Waals surface area contributed by atoms with E-state index in [0.717, 1.165) is 37.6 Å². The summed E-state index contributed by atoms with van der Waals surface area (Å²) in [5, 5.41) is 3.28. The van der Waals surface area contributed by atoms with Crippen molar-refractivity contribution < 1.29 is 8.42 Å². The minimum absolute atomic E-state index is 0.222. The van der Waals surface area contributed by atoms with Gasteiger partial charge in [0, 0.05) is 36.7 Å². The molecule has 0 atom stereocenters. The molecule has 6 nitrogen and oxygen atoms in total. The molecule has 0 aliphatic carbocycles. The summed E-state index contributed by atoms with van der Waals surface area (Å²) in [5.74, 6) is 1.95. The van der Waals surface area contributed by atoms with Crippen molar-refractivity contribution in [3.05, 3.63) is 0 Å². The van der Waals surface area contributed by atoms with E-state index in [1.807, 2.05) is 18.7 Å². The molecule has 2 N–H and O–H groups in total. The van der Waals surface area contributed by atoms with Crippen LogP contribution in [0.25, 0.3) is 0 Å². The van der Waals surface area contributed by atoms with Crippen LogP contribution in [-0.4, -0.2) is 68.8 Å². The molecule has 0 bridgehead atoms. The van der Waals surface area contributed by atoms with Crippen LogP contribution in [0.3, 0.4) is 0 Å². The van der Waals surface area contributed by atoms with E-state index in [-0.39, 0.29) is 4.75 Å². The minimum Gasteiger partial charge on any atom is -0.357 e. The van der Waals surface area contributed by atoms with E-state index in [1.54, 1.807) is 0 Å². The number of nitrogens with zero attached hydrogens (tertiary/aromatic N) is 2. The number of rotatable bonds is 5. The van der Waals surface area contributed by atoms with Gasteiger partial charge in [-0.15, -0.1) is 0 Å². The molecule has 118 valence electrons. The molecule has 0 saturated carbocycles. The van der Waals surface area contributed by atoms with Crippen LogP contribution in [0.1, 0.15) is 20.8 Å². The molecule has 0 unspecified atom stereocenters. The first-order chi connectivity index (χ1) is 9.23. The molecule has 1 heterocycles. The van der Waals surface area contributed by atoms with Gasteiger partial charge in [0.1, 0.15) is 0 Å². The molecule has 20 heavy (non-hydrogen) atoms. The summed E-state index contributed by atoms with van der Waals surface area (Å²) in [7, 11) is -3.13. The summed E-state index contributed by atoms with van der Waals surface area (Å²) in [4.78, 5) is 6.75. The van der Waals surface area contributed by atoms with Crippen LogP contribution in [0.4, 0.5) is 0 Å². The molecule has 1 fully saturated rings. The largest absolute Gasteiger partial charge is 0.357 e. The SMILES string of the molecule is CCNC(=NCCNS(C)(=O)=O)N1CCSC(C)(C)C1. The quantitative estimate of drug-likeness (QED) is 0.433. The molecule has 0 amide bonds. The Morgan fingerprint density at radius 3 is 2.70 bits per heavy atom. The maximum atomic E-state index is 11.0. The minimum atomic E-state index is -3.13. The zero-order valence-electron chi connectivity index (χ0n) is 12.8. The van der Waals surface area contributed by atoms with E-state index >= 15 is 0 Å². The number of thioether (sulfide) groups is 1. The molecule has 1 saturated heterocycles. The molecule has 0 aromatic heterocycles. The number of sulfonamides is 1. The number of nitrogens with one attached hydrogen (secondary N) is 2. The number of guanidine groups is 1. The third-order valence-corrected chi connectivity index (χ3v) is 4.82. The highest BCUT2D eigenvalue weighted by molar-refractivity contribution is 8.00. The van der Waals surface area contributed by atoms with Gasteiger partial charge in [0.15, 0.2) is 5.96 Å². The third kappa shape index (κ3) is 6.81. The molecular weight excluding hydrogens is 296 g/mol. The number of hydrogen-bond acceptors (Lipinski definition) is 4. The zero-order chi connectivity index (χ0) is 15.2. The summed E-state index contributed by atoms with van der Waals surface area (Å²) >= 11 is 1.98. The number of hydrogen-bond donors (Lipinski definition) is 2. The summed E-state index contributed by atoms with van der Waals surface area (Å²) in [6.07, 6.45) is 1.16. The fourth-order valence-electron chi connectivity index (χ4n) is 2.02. The molecule has 0 aromatic rings. The lowest BCUT2D eigenvalue weighted by molar-refractivity contribution is 0.376. The van der Waals surface area contributed by atoms with Crippen molar-refractivity contribution in [2.75, 3.05) is 44.7 Å². The second kappa shape index (κ2) is 7.51. The Labute approximate surface area is 126 Å². The molecule has 1 aliphatic heterocycles. The molecule has 0 radical (unpaired) electrons. The summed E-state index contributed by atoms with van der Waals surface area (Å²) in [6, 6.07) is 0. The first-order valence-corrected chi connectivity index (χ1v) is 9.73. The first-order valence-electron chi connectivity index (χ1n) is 6.85. The van der Waals surface area contributed by atoms with Crippen molar-refractivity contribution in [1.82, 2.24) is 14.9 Å². The van der Waals surface area contributed by atoms with Crippen molar-refractivity contribution in [1.29, 1.82) is 0 Å². The van der Waals surface area contributed by atoms with Gasteiger partial charge in [-0.3, -0.25) is 4.99 Å². The highest BCUT2D eigenvalue weighted by Crippen LogP contribution is 2.29. The molecule has 8 heteroatoms. The van der Waals surface area contributed by atoms with Crippen LogP contribution in [0.2, 0.25) is 0 Å². The van der Waals surface area contributed by atoms with Crippen molar-refractivity contribution in [3.8, 4) is 0 Å². The lowest BCUT2D eigenvalue weighted by Gasteiger charge is -2.39. The average molecular weight is 323 g/mol. The standard InChI is InChI=1S/C12H26N4O2S2/c1-5-13-11(14-6-7-15-20(4,17)18)16-8-9-19-12(2,3)10-16/h15H,5-10H2,1-4H3,(H,13,14). The van der Waals surface area contributed by atoms with Crippen LogP contribution < -0.4 is 10.0 Å². The van der Waals surface area contributed by atoms with Crippen LogP contribution in [0, 0.1) is 0 Å². The van der Waals surface area contributed by atoms with E-state index in [1.165, 1.54) is 0 Å². The topological polar surface area (TPSA) is 73.8 Å². The molecule has 0 aromatic carbocycles. The highest BCUT2D eigenvalue weighted by atomic mass is 32.2. The Morgan fingerprint density at radius 1 is 1.45 bits per heavy atom. The fourth-order valence-corrected chi connectivity index (χ4v) is 3.59. The highest BCUT2D eigenvalue weighted by Gasteiger charge is 2.28. The first kappa shape index (κ1) is 17.6. The van der Waals surface area contributed by atoms with E-state index < -0.39 is 10.0 Å². The van der Waals surface area contributed by atoms with E-state index in [4.69, 9.17) is 0 Å². The van der Waals surface area contributed by atoms with E-state index in [0.29, 0.717) is 13.1 Å². The van der Waals surface area contributed by atoms with Gasteiger partial charge < -0.3 is 10.2 Å². The Balaban J connectivity index is 2.58. The zero-order valence-corrected chi connectivity index (χ0v) is 14.4. The van der Waals surface area contributed by atoms with Crippen LogP contribution in [0.15, 0.2) is 4.99 Å². The van der Waals surface area contributed by atoms with Gasteiger partial charge in [-0.25, -0.2) is 13.1 Å². The smallest absolute Gasteiger partial charge is 0.208 e. The molecule has 1 aliphatic rings. The van der Waals surface area contributed by atoms with Crippen LogP contribution >= 0.6 is 11.8 Å². The second-order valence-electron chi connectivity index (χ2n) is 5.43. The maximum Gasteiger partial charge on any atom is 0.208 e. The Morgan fingerprint density at radius 2 is 2.15 bits per heavy atom. The fraction of sp³-hybridized carbons (Fsp3) is 0.917. The predicted octanol–water partition coefficient (Wildman–Crippen LogP) is 0.329. The summed E-state index contributed by atoms with van der Waals surface area (Å²) < 4.78 is 24.7. The van der Waals surface area contributed by atoms with Crippen LogP contribution in [-0.2, 0) is 10.0 Å². The van der Waals surface area contributed by atoms with Gasteiger partial charge in [-0.2, -0.15) is 11.8 Å². The van der Waals surface area contributed by atoms with E-state index in [2.05, 4.69) is 33.8 Å². The van der Waals surface area contributed by atoms with Crippen molar-refractivity contribution in [2.45, 2.75) is 25.5 Å². The summed E-state index contributed by atoms with van der Waals surface area (Å²) in [5.41, 5.74) is 0. The van der Waals surface area contributed by atoms with Crippen molar-refractivity contribution in [2.24, 2.45) is 4.99 Å². The van der Waals surface area contributed by atoms with Gasteiger partial charge in [-0.05, 0) is 20.8 Å². The van der Waals surface area contributed by atoms with Gasteiger partial charge in [0.2, 0.25) is 10.0 Å². The van der Waals surface area contributed by atoms with Gasteiger partial charge in [-0.1, -0.05) is 0 Å². The third-order valence-electron chi connectivity index (χ3n) is 2.80. The lowest BCUT2D eigenvalue weighted by atomic mass is 10.2. The lowest BCUT2D eigenvalue weighted by Crippen LogP contribution is -2.51. The Kier molecular flexibility index (Phi) is 6.60. The number of aliphatic imine (C=N–C) groups is 1. The Hall–Kier alpha value is -0.470. The van der Waals surface area contributed by atoms with E-state index in [9.17, 15) is 8.42 Å². The molecule has 0 spiro atoms. The monoisotopic (exact) mass is 322 g/mol.